The van der Waals surface area contributed by atoms with E-state index < -0.39 is 69.7 Å². The predicted octanol–water partition coefficient (Wildman–Crippen LogP) is 17.7. The molecule has 4 saturated heterocycles. The number of rotatable bonds is 39. The number of ketones is 1. The van der Waals surface area contributed by atoms with Crippen LogP contribution in [0.15, 0.2) is 138 Å². The zero-order valence-corrected chi connectivity index (χ0v) is 85.0. The number of hydrogen-bond donors (Lipinski definition) is 4. The molecule has 6 aromatic carbocycles. The van der Waals surface area contributed by atoms with Crippen molar-refractivity contribution in [3.63, 3.8) is 0 Å². The zero-order chi connectivity index (χ0) is 102. The number of thiocarbonyl (C=S) groups is 2. The van der Waals surface area contributed by atoms with Gasteiger partial charge in [-0.1, -0.05) is 110 Å². The van der Waals surface area contributed by atoms with Gasteiger partial charge in [-0.25, -0.2) is 19.2 Å². The van der Waals surface area contributed by atoms with Crippen LogP contribution in [0.2, 0.25) is 0 Å². The average Bonchev–Trinajstić information content (AvgIpc) is 1.59. The normalized spacial score (nSPS) is 17.2. The summed E-state index contributed by atoms with van der Waals surface area (Å²) >= 11 is 14.5. The molecule has 6 atom stereocenters. The van der Waals surface area contributed by atoms with Crippen LogP contribution in [0.3, 0.4) is 0 Å². The van der Waals surface area contributed by atoms with Gasteiger partial charge >= 0.3 is 6.18 Å². The van der Waals surface area contributed by atoms with Gasteiger partial charge in [0.2, 0.25) is 29.5 Å². The largest absolute Gasteiger partial charge is 0.494 e. The van der Waals surface area contributed by atoms with Crippen molar-refractivity contribution in [1.29, 1.82) is 5.26 Å². The minimum atomic E-state index is -4.82. The molecule has 4 aliphatic rings. The molecule has 0 bridgehead atoms. The van der Waals surface area contributed by atoms with Crippen LogP contribution in [0.25, 0.3) is 25.7 Å². The van der Waals surface area contributed by atoms with E-state index in [-0.39, 0.29) is 101 Å². The van der Waals surface area contributed by atoms with Gasteiger partial charge in [0.15, 0.2) is 33.3 Å². The predicted molar refractivity (Wildman–Crippen MR) is 538 cm³/mol. The number of amides is 7. The van der Waals surface area contributed by atoms with E-state index in [1.165, 1.54) is 54.8 Å². The van der Waals surface area contributed by atoms with Gasteiger partial charge in [-0.05, 0) is 236 Å². The molecular weight excluding hydrogens is 1860 g/mol. The van der Waals surface area contributed by atoms with Crippen molar-refractivity contribution in [2.24, 2.45) is 28.4 Å². The summed E-state index contributed by atoms with van der Waals surface area (Å²) in [5, 5.41) is 18.3. The second-order valence-corrected chi connectivity index (χ2v) is 40.7. The highest BCUT2D eigenvalue weighted by Crippen LogP contribution is 2.43. The first-order chi connectivity index (χ1) is 65.8. The van der Waals surface area contributed by atoms with Crippen LogP contribution in [0.4, 0.5) is 46.0 Å². The van der Waals surface area contributed by atoms with E-state index in [9.17, 15) is 55.9 Å². The van der Waals surface area contributed by atoms with Crippen LogP contribution in [0.1, 0.15) is 181 Å². The molecule has 0 unspecified atom stereocenters. The molecule has 36 heteroatoms. The van der Waals surface area contributed by atoms with E-state index in [0.29, 0.717) is 133 Å². The number of nitrogens with zero attached hydrogens (tertiary/aromatic N) is 10. The molecule has 28 nitrogen and oxygen atoms in total. The number of carbonyl (C=O) groups is 8. The van der Waals surface area contributed by atoms with Gasteiger partial charge in [0.1, 0.15) is 48.2 Å². The Labute approximate surface area is 830 Å². The zero-order valence-electron chi connectivity index (χ0n) is 81.7. The van der Waals surface area contributed by atoms with Crippen LogP contribution in [-0.2, 0) is 76.6 Å². The summed E-state index contributed by atoms with van der Waals surface area (Å²) in [6.07, 6.45) is 0.589. The molecule has 12 rings (SSSR count). The van der Waals surface area contributed by atoms with E-state index in [2.05, 4.69) is 49.8 Å². The Kier molecular flexibility index (Phi) is 38.6. The number of nitrogens with one attached hydrogen (secondary N) is 3. The molecule has 7 amide bonds. The number of ether oxygens (including phenoxy) is 6. The maximum absolute atomic E-state index is 15.0. The Balaban J connectivity index is 0.000000235. The Morgan fingerprint density at radius 1 is 0.583 bits per heavy atom. The van der Waals surface area contributed by atoms with Gasteiger partial charge in [-0.2, -0.15) is 18.4 Å². The Hall–Kier alpha value is -11.6. The quantitative estimate of drug-likeness (QED) is 0.0120. The fourth-order valence-corrected chi connectivity index (χ4v) is 19.0. The number of anilines is 4. The maximum Gasteiger partial charge on any atom is 0.417 e. The van der Waals surface area contributed by atoms with Gasteiger partial charge in [0, 0.05) is 102 Å². The van der Waals surface area contributed by atoms with Crippen molar-refractivity contribution in [2.45, 2.75) is 217 Å². The third kappa shape index (κ3) is 28.6. The number of nitrogens with two attached hydrogens (primary N) is 1. The highest BCUT2D eigenvalue weighted by atomic mass is 32.1. The average molecular weight is 1990 g/mol. The van der Waals surface area contributed by atoms with Gasteiger partial charge in [0.25, 0.3) is 11.8 Å². The van der Waals surface area contributed by atoms with Crippen molar-refractivity contribution in [2.75, 3.05) is 98.8 Å². The standard InChI is InChI=1S/C51H63N7O7S2.C29H31F4N3O5S.C23H32N4O2S/c1-33-27-42(46(60)53-29-36-13-15-37(16-14-36)44-35(3)54-32-67-44)56(30-33)47(61)45(50(4,5)6)55-43(59)31-64-24-11-10-23-63-25-12-26-65-40-20-17-38(18-21-40)58-49(66)57(48(62)51(58,7)8)39-19-22-41(52-9)34(2)28-39;1-19(37)18-40-12-5-4-11-39-13-6-14-41-25-10-9-22(16-24(25)30)36-27(42)35(26(38)28(36,2)3)21-8-7-20(17-34)23(15-21)29(31,32)33;1-14-10-18(27(12-14)22(29)20(24)23(3,4)5)21(28)25-11-16-6-8-17(9-7-16)19-15(2)26-13-30-19/h13-22,28,32-33,42,45H,10-12,23-27,29-31H2,1-8H3,(H,53,60)(H,55,59);7-10,15-16H,4-6,11-14,18H2,1-3H3;6-9,13-14,18,20H,10-12,24H2,1-5H3,(H,25,28)/t33-,42+,45-;;14-,18+,20-/m1.1/s1. The molecule has 139 heavy (non-hydrogen) atoms. The molecule has 2 aromatic heterocycles. The van der Waals surface area contributed by atoms with E-state index in [1.54, 1.807) is 44.6 Å². The van der Waals surface area contributed by atoms with E-state index >= 15 is 0 Å². The summed E-state index contributed by atoms with van der Waals surface area (Å²) in [4.78, 5) is 128. The number of benzene rings is 6. The maximum atomic E-state index is 15.0. The number of nitriles is 1. The number of alkyl halides is 3. The van der Waals surface area contributed by atoms with Gasteiger partial charge in [0.05, 0.1) is 80.9 Å². The Morgan fingerprint density at radius 2 is 1.03 bits per heavy atom. The van der Waals surface area contributed by atoms with Gasteiger partial charge in [-0.15, -0.1) is 22.7 Å². The summed E-state index contributed by atoms with van der Waals surface area (Å²) in [6, 6.07) is 34.9. The molecule has 4 fully saturated rings. The highest BCUT2D eigenvalue weighted by molar-refractivity contribution is 7.81. The second-order valence-electron chi connectivity index (χ2n) is 38.3. The minimum Gasteiger partial charge on any atom is -0.494 e. The lowest BCUT2D eigenvalue weighted by atomic mass is 9.85. The first kappa shape index (κ1) is 109. The molecule has 4 aliphatic heterocycles. The summed E-state index contributed by atoms with van der Waals surface area (Å²) in [6.45, 7) is 42.2. The number of hydrogen-bond acceptors (Lipinski definition) is 22. The monoisotopic (exact) mass is 1990 g/mol. The highest BCUT2D eigenvalue weighted by Gasteiger charge is 2.53. The van der Waals surface area contributed by atoms with E-state index in [4.69, 9.17) is 70.4 Å². The lowest BCUT2D eigenvalue weighted by molar-refractivity contribution is -0.144. The van der Waals surface area contributed by atoms with Crippen molar-refractivity contribution < 1.29 is 84.3 Å². The van der Waals surface area contributed by atoms with Crippen LogP contribution < -0.4 is 50.8 Å². The molecule has 744 valence electrons. The molecule has 0 saturated carbocycles. The van der Waals surface area contributed by atoms with E-state index in [1.807, 2.05) is 166 Å². The summed E-state index contributed by atoms with van der Waals surface area (Å²) in [5.41, 5.74) is 13.8. The summed E-state index contributed by atoms with van der Waals surface area (Å²) in [5.74, 6) is -1.53. The van der Waals surface area contributed by atoms with Crippen LogP contribution in [0.5, 0.6) is 11.5 Å². The third-order valence-corrected chi connectivity index (χ3v) is 26.8. The van der Waals surface area contributed by atoms with Gasteiger partial charge < -0.3 is 69.7 Å². The molecule has 5 N–H and O–H groups in total. The summed E-state index contributed by atoms with van der Waals surface area (Å²) in [7, 11) is 0. The van der Waals surface area contributed by atoms with Crippen molar-refractivity contribution in [3.8, 4) is 38.4 Å². The van der Waals surface area contributed by atoms with Crippen LogP contribution in [0, 0.1) is 67.2 Å². The van der Waals surface area contributed by atoms with Crippen molar-refractivity contribution in [1.82, 2.24) is 35.7 Å². The fourth-order valence-electron chi connectivity index (χ4n) is 16.3. The molecule has 0 aliphatic carbocycles. The molecule has 6 heterocycles. The Bertz CT molecular complexity index is 5750. The number of aryl methyl sites for hydroxylation is 3. The number of thiazole rings is 2. The van der Waals surface area contributed by atoms with Crippen molar-refractivity contribution >= 4 is 133 Å². The number of carbonyl (C=O) groups excluding carboxylic acids is 8. The Morgan fingerprint density at radius 3 is 1.47 bits per heavy atom. The number of Topliss-reactive ketones (excluding diaryl/α,β-unsaturated/α-hetero) is 1. The lowest BCUT2D eigenvalue weighted by Gasteiger charge is -2.35. The minimum absolute atomic E-state index is 0.0191. The first-order valence-corrected chi connectivity index (χ1v) is 49.0. The van der Waals surface area contributed by atoms with Gasteiger partial charge in [-0.3, -0.25) is 48.2 Å². The first-order valence-electron chi connectivity index (χ1n) is 46.4. The fraction of sp³-hybridized carbons (Fsp3) is 0.476. The number of aromatic nitrogens is 2. The second kappa shape index (κ2) is 49.0. The smallest absolute Gasteiger partial charge is 0.417 e. The summed E-state index contributed by atoms with van der Waals surface area (Å²) < 4.78 is 89.2. The lowest BCUT2D eigenvalue weighted by Crippen LogP contribution is -2.58. The van der Waals surface area contributed by atoms with Crippen molar-refractivity contribution in [3.05, 3.63) is 195 Å². The molecule has 8 aromatic rings. The molecular formula is C103H126F4N14O14S4. The third-order valence-electron chi connectivity index (χ3n) is 24.1. The molecule has 0 radical (unpaired) electrons. The number of halogens is 4. The van der Waals surface area contributed by atoms with Crippen LogP contribution in [-0.4, -0.2) is 192 Å². The SMILES string of the molecule is CC(=O)COCCCCOCCCOc1ccc(N2C(=S)N(c3ccc(C#N)c(C(F)(F)F)c3)C(=O)C2(C)C)cc1F.Cc1ncsc1-c1ccc(CNC(=O)[C@@H]2C[C@@H](C)CN2C(=O)[C@@H](N)C(C)(C)C)cc1.[C-]#[N+]c1ccc(N2C(=O)C(C)(C)N(c3ccc(OCCCOCCCCOCC(=O)N[C@H](C(=O)N4C[C@H](C)C[C@H]4C(=O)NCc4ccc(-c5scnc5C)cc4)C(C)(C)C)cc3)C2=S)cc1C. The number of likely N-dealkylation sites (tertiary alicyclic amines) is 2. The molecule has 0 spiro atoms. The van der Waals surface area contributed by atoms with E-state index in [0.717, 1.165) is 90.9 Å². The van der Waals surface area contributed by atoms with Crippen LogP contribution >= 0.6 is 47.1 Å². The topological polar surface area (TPSA) is 327 Å². The number of unbranched alkanes of at least 4 members (excludes halogenated alkanes) is 2.